The number of aromatic nitrogens is 2. The maximum atomic E-state index is 12.6. The standard InChI is InChI=1S/C12H10F3N3O2S/c13-12(14,15)8-2-1-7(11(19)20)10(18-8)17-4-3-9-16-5-6-21-9/h1-2,5-6H,3-4H2,(H,17,18)(H,19,20). The van der Waals surface area contributed by atoms with Gasteiger partial charge in [-0.1, -0.05) is 0 Å². The molecule has 21 heavy (non-hydrogen) atoms. The number of alkyl halides is 3. The number of nitrogens with zero attached hydrogens (tertiary/aromatic N) is 2. The predicted octanol–water partition coefficient (Wildman–Crippen LogP) is 2.91. The normalized spacial score (nSPS) is 11.4. The third-order valence-corrected chi connectivity index (χ3v) is 3.37. The third-order valence-electron chi connectivity index (χ3n) is 2.53. The first-order valence-corrected chi connectivity index (χ1v) is 6.69. The van der Waals surface area contributed by atoms with Gasteiger partial charge in [-0.25, -0.2) is 14.8 Å². The van der Waals surface area contributed by atoms with Crippen molar-refractivity contribution in [3.05, 3.63) is 40.0 Å². The smallest absolute Gasteiger partial charge is 0.433 e. The highest BCUT2D eigenvalue weighted by molar-refractivity contribution is 7.09. The number of anilines is 1. The predicted molar refractivity (Wildman–Crippen MR) is 70.5 cm³/mol. The van der Waals surface area contributed by atoms with Gasteiger partial charge in [-0.3, -0.25) is 0 Å². The second-order valence-corrected chi connectivity index (χ2v) is 4.98. The summed E-state index contributed by atoms with van der Waals surface area (Å²) in [5.41, 5.74) is -1.44. The Kier molecular flexibility index (Phi) is 4.41. The lowest BCUT2D eigenvalue weighted by molar-refractivity contribution is -0.141. The molecule has 112 valence electrons. The van der Waals surface area contributed by atoms with E-state index in [4.69, 9.17) is 5.11 Å². The van der Waals surface area contributed by atoms with E-state index in [0.29, 0.717) is 12.5 Å². The van der Waals surface area contributed by atoms with Crippen LogP contribution in [-0.2, 0) is 12.6 Å². The number of nitrogens with one attached hydrogen (secondary N) is 1. The van der Waals surface area contributed by atoms with Crippen LogP contribution in [0.4, 0.5) is 19.0 Å². The van der Waals surface area contributed by atoms with Crippen molar-refractivity contribution in [2.24, 2.45) is 0 Å². The number of carboxylic acid groups (broad SMARTS) is 1. The van der Waals surface area contributed by atoms with Crippen LogP contribution in [0.15, 0.2) is 23.7 Å². The summed E-state index contributed by atoms with van der Waals surface area (Å²) in [4.78, 5) is 18.4. The van der Waals surface area contributed by atoms with Crippen LogP contribution in [0.2, 0.25) is 0 Å². The fraction of sp³-hybridized carbons (Fsp3) is 0.250. The van der Waals surface area contributed by atoms with E-state index in [1.165, 1.54) is 11.3 Å². The molecule has 0 aliphatic rings. The molecule has 0 aliphatic heterocycles. The van der Waals surface area contributed by atoms with E-state index < -0.39 is 17.8 Å². The quantitative estimate of drug-likeness (QED) is 0.887. The van der Waals surface area contributed by atoms with E-state index in [2.05, 4.69) is 15.3 Å². The average molecular weight is 317 g/mol. The molecule has 0 spiro atoms. The number of thiazole rings is 1. The van der Waals surface area contributed by atoms with Crippen molar-refractivity contribution in [2.45, 2.75) is 12.6 Å². The van der Waals surface area contributed by atoms with E-state index in [0.717, 1.165) is 11.1 Å². The molecule has 2 rings (SSSR count). The van der Waals surface area contributed by atoms with Crippen molar-refractivity contribution in [3.8, 4) is 0 Å². The van der Waals surface area contributed by atoms with Crippen molar-refractivity contribution in [2.75, 3.05) is 11.9 Å². The van der Waals surface area contributed by atoms with Crippen molar-refractivity contribution < 1.29 is 23.1 Å². The van der Waals surface area contributed by atoms with Gasteiger partial charge >= 0.3 is 12.1 Å². The summed E-state index contributed by atoms with van der Waals surface area (Å²) >= 11 is 1.41. The Balaban J connectivity index is 2.16. The highest BCUT2D eigenvalue weighted by atomic mass is 32.1. The molecule has 2 N–H and O–H groups in total. The first-order valence-electron chi connectivity index (χ1n) is 5.81. The van der Waals surface area contributed by atoms with Gasteiger partial charge in [0.15, 0.2) is 0 Å². The topological polar surface area (TPSA) is 75.1 Å². The van der Waals surface area contributed by atoms with Crippen LogP contribution >= 0.6 is 11.3 Å². The Morgan fingerprint density at radius 2 is 2.14 bits per heavy atom. The fourth-order valence-electron chi connectivity index (χ4n) is 1.59. The van der Waals surface area contributed by atoms with Gasteiger partial charge in [-0.05, 0) is 12.1 Å². The van der Waals surface area contributed by atoms with Crippen LogP contribution in [0.3, 0.4) is 0 Å². The van der Waals surface area contributed by atoms with Crippen molar-refractivity contribution in [3.63, 3.8) is 0 Å². The summed E-state index contributed by atoms with van der Waals surface area (Å²) in [6.07, 6.45) is -2.54. The monoisotopic (exact) mass is 317 g/mol. The van der Waals surface area contributed by atoms with Gasteiger partial charge in [0.05, 0.1) is 5.01 Å². The number of carboxylic acids is 1. The Bertz CT molecular complexity index is 629. The molecule has 0 amide bonds. The molecule has 2 heterocycles. The molecule has 0 saturated heterocycles. The Morgan fingerprint density at radius 1 is 1.38 bits per heavy atom. The molecule has 9 heteroatoms. The number of carbonyl (C=O) groups is 1. The summed E-state index contributed by atoms with van der Waals surface area (Å²) in [5.74, 6) is -1.64. The number of rotatable bonds is 5. The van der Waals surface area contributed by atoms with Crippen LogP contribution in [0.5, 0.6) is 0 Å². The average Bonchev–Trinajstić information content (AvgIpc) is 2.90. The minimum atomic E-state index is -4.62. The lowest BCUT2D eigenvalue weighted by Crippen LogP contribution is -2.15. The van der Waals surface area contributed by atoms with E-state index >= 15 is 0 Å². The highest BCUT2D eigenvalue weighted by Gasteiger charge is 2.33. The Morgan fingerprint density at radius 3 is 2.71 bits per heavy atom. The SMILES string of the molecule is O=C(O)c1ccc(C(F)(F)F)nc1NCCc1nccs1. The largest absolute Gasteiger partial charge is 0.478 e. The molecule has 2 aromatic rings. The van der Waals surface area contributed by atoms with Crippen LogP contribution < -0.4 is 5.32 Å². The zero-order valence-electron chi connectivity index (χ0n) is 10.5. The molecule has 2 aromatic heterocycles. The second kappa shape index (κ2) is 6.08. The minimum absolute atomic E-state index is 0.238. The van der Waals surface area contributed by atoms with Crippen molar-refractivity contribution in [1.29, 1.82) is 0 Å². The molecular formula is C12H10F3N3O2S. The summed E-state index contributed by atoms with van der Waals surface area (Å²) in [6.45, 7) is 0.238. The van der Waals surface area contributed by atoms with Gasteiger partial charge in [0, 0.05) is 24.5 Å². The molecule has 0 aliphatic carbocycles. The van der Waals surface area contributed by atoms with Crippen LogP contribution in [0, 0.1) is 0 Å². The zero-order chi connectivity index (χ0) is 15.5. The molecule has 0 fully saturated rings. The van der Waals surface area contributed by atoms with Crippen molar-refractivity contribution in [1.82, 2.24) is 9.97 Å². The van der Waals surface area contributed by atoms with Crippen LogP contribution in [-0.4, -0.2) is 27.6 Å². The van der Waals surface area contributed by atoms with E-state index in [9.17, 15) is 18.0 Å². The number of pyridine rings is 1. The van der Waals surface area contributed by atoms with Gasteiger partial charge in [-0.2, -0.15) is 13.2 Å². The minimum Gasteiger partial charge on any atom is -0.478 e. The zero-order valence-corrected chi connectivity index (χ0v) is 11.3. The highest BCUT2D eigenvalue weighted by Crippen LogP contribution is 2.29. The maximum Gasteiger partial charge on any atom is 0.433 e. The van der Waals surface area contributed by atoms with Gasteiger partial charge in [0.1, 0.15) is 17.1 Å². The number of aromatic carboxylic acids is 1. The Hall–Kier alpha value is -2.16. The number of hydrogen-bond acceptors (Lipinski definition) is 5. The summed E-state index contributed by atoms with van der Waals surface area (Å²) in [6, 6.07) is 1.54. The number of halogens is 3. The molecule has 0 saturated carbocycles. The lowest BCUT2D eigenvalue weighted by Gasteiger charge is -2.11. The van der Waals surface area contributed by atoms with E-state index in [1.54, 1.807) is 11.6 Å². The van der Waals surface area contributed by atoms with Crippen LogP contribution in [0.25, 0.3) is 0 Å². The summed E-state index contributed by atoms with van der Waals surface area (Å²) < 4.78 is 37.8. The first kappa shape index (κ1) is 15.2. The molecule has 0 atom stereocenters. The summed E-state index contributed by atoms with van der Waals surface area (Å²) in [7, 11) is 0. The second-order valence-electron chi connectivity index (χ2n) is 4.00. The third kappa shape index (κ3) is 3.91. The summed E-state index contributed by atoms with van der Waals surface area (Å²) in [5, 5.41) is 14.2. The van der Waals surface area contributed by atoms with Gasteiger partial charge in [0.25, 0.3) is 0 Å². The molecule has 5 nitrogen and oxygen atoms in total. The van der Waals surface area contributed by atoms with Crippen LogP contribution in [0.1, 0.15) is 21.1 Å². The van der Waals surface area contributed by atoms with Crippen molar-refractivity contribution >= 4 is 23.1 Å². The molecule has 0 aromatic carbocycles. The molecule has 0 radical (unpaired) electrons. The van der Waals surface area contributed by atoms with Gasteiger partial charge in [0.2, 0.25) is 0 Å². The van der Waals surface area contributed by atoms with E-state index in [1.807, 2.05) is 0 Å². The lowest BCUT2D eigenvalue weighted by atomic mass is 10.2. The van der Waals surface area contributed by atoms with Gasteiger partial charge in [-0.15, -0.1) is 11.3 Å². The Labute approximate surface area is 121 Å². The molecule has 0 unspecified atom stereocenters. The van der Waals surface area contributed by atoms with E-state index in [-0.39, 0.29) is 17.9 Å². The van der Waals surface area contributed by atoms with Gasteiger partial charge < -0.3 is 10.4 Å². The first-order chi connectivity index (χ1) is 9.88. The fourth-order valence-corrected chi connectivity index (χ4v) is 2.21. The molecular weight excluding hydrogens is 307 g/mol. The number of hydrogen-bond donors (Lipinski definition) is 2. The maximum absolute atomic E-state index is 12.6. The molecule has 0 bridgehead atoms.